The van der Waals surface area contributed by atoms with E-state index in [1.54, 1.807) is 0 Å². The predicted molar refractivity (Wildman–Crippen MR) is 75.8 cm³/mol. The molecule has 2 aromatic rings. The van der Waals surface area contributed by atoms with E-state index in [9.17, 15) is 0 Å². The number of hydrogen-bond acceptors (Lipinski definition) is 6. The molecule has 0 bridgehead atoms. The molecule has 1 saturated heterocycles. The molecule has 2 atom stereocenters. The summed E-state index contributed by atoms with van der Waals surface area (Å²) in [5, 5.41) is 3.97. The van der Waals surface area contributed by atoms with E-state index in [1.807, 2.05) is 30.3 Å². The van der Waals surface area contributed by atoms with E-state index in [1.165, 1.54) is 0 Å². The third kappa shape index (κ3) is 3.59. The van der Waals surface area contributed by atoms with Crippen LogP contribution in [0.15, 0.2) is 34.9 Å². The highest BCUT2D eigenvalue weighted by atomic mass is 16.5. The molecule has 21 heavy (non-hydrogen) atoms. The molecule has 2 unspecified atom stereocenters. The first-order chi connectivity index (χ1) is 10.3. The Morgan fingerprint density at radius 3 is 2.86 bits per heavy atom. The summed E-state index contributed by atoms with van der Waals surface area (Å²) >= 11 is 0. The Labute approximate surface area is 123 Å². The van der Waals surface area contributed by atoms with Gasteiger partial charge in [-0.3, -0.25) is 0 Å². The zero-order valence-corrected chi connectivity index (χ0v) is 11.8. The minimum absolute atomic E-state index is 0.103. The van der Waals surface area contributed by atoms with Crippen LogP contribution in [0.3, 0.4) is 0 Å². The van der Waals surface area contributed by atoms with Gasteiger partial charge in [-0.2, -0.15) is 4.98 Å². The summed E-state index contributed by atoms with van der Waals surface area (Å²) in [6, 6.07) is 9.66. The third-order valence-electron chi connectivity index (χ3n) is 3.47. The maximum atomic E-state index is 5.73. The fourth-order valence-corrected chi connectivity index (χ4v) is 2.34. The molecule has 2 heterocycles. The number of para-hydroxylation sites is 1. The van der Waals surface area contributed by atoms with Gasteiger partial charge in [-0.15, -0.1) is 0 Å². The second-order valence-electron chi connectivity index (χ2n) is 5.02. The Balaban J connectivity index is 1.49. The van der Waals surface area contributed by atoms with Crippen molar-refractivity contribution in [1.82, 2.24) is 10.1 Å². The maximum Gasteiger partial charge on any atom is 0.255 e. The average Bonchev–Trinajstić information content (AvgIpc) is 3.17. The minimum Gasteiger partial charge on any atom is -0.493 e. The molecule has 1 fully saturated rings. The highest BCUT2D eigenvalue weighted by molar-refractivity contribution is 5.20. The van der Waals surface area contributed by atoms with Gasteiger partial charge in [0.25, 0.3) is 5.89 Å². The van der Waals surface area contributed by atoms with Gasteiger partial charge in [-0.05, 0) is 25.0 Å². The molecular weight excluding hydrogens is 270 g/mol. The lowest BCUT2D eigenvalue weighted by atomic mass is 10.2. The normalized spacial score (nSPS) is 21.6. The molecule has 1 aromatic heterocycles. The van der Waals surface area contributed by atoms with Gasteiger partial charge in [0.1, 0.15) is 11.9 Å². The van der Waals surface area contributed by atoms with Gasteiger partial charge >= 0.3 is 0 Å². The highest BCUT2D eigenvalue weighted by Gasteiger charge is 2.29. The van der Waals surface area contributed by atoms with Crippen molar-refractivity contribution in [3.63, 3.8) is 0 Å². The number of nitrogens with two attached hydrogens (primary N) is 1. The van der Waals surface area contributed by atoms with Gasteiger partial charge in [-0.1, -0.05) is 23.4 Å². The number of hydrogen-bond donors (Lipinski definition) is 1. The monoisotopic (exact) mass is 289 g/mol. The van der Waals surface area contributed by atoms with Gasteiger partial charge in [0, 0.05) is 13.0 Å². The summed E-state index contributed by atoms with van der Waals surface area (Å²) < 4.78 is 16.6. The largest absolute Gasteiger partial charge is 0.493 e. The molecule has 3 rings (SSSR count). The maximum absolute atomic E-state index is 5.73. The summed E-state index contributed by atoms with van der Waals surface area (Å²) in [5.74, 6) is 2.02. The Morgan fingerprint density at radius 1 is 1.24 bits per heavy atom. The van der Waals surface area contributed by atoms with E-state index in [4.69, 9.17) is 19.7 Å². The van der Waals surface area contributed by atoms with Crippen LogP contribution < -0.4 is 10.5 Å². The van der Waals surface area contributed by atoms with Gasteiger partial charge in [0.2, 0.25) is 0 Å². The van der Waals surface area contributed by atoms with Crippen LogP contribution in [0.1, 0.15) is 30.7 Å². The van der Waals surface area contributed by atoms with Gasteiger partial charge in [-0.25, -0.2) is 0 Å². The van der Waals surface area contributed by atoms with Crippen LogP contribution in [0, 0.1) is 0 Å². The second-order valence-corrected chi connectivity index (χ2v) is 5.02. The van der Waals surface area contributed by atoms with Crippen LogP contribution in [0.5, 0.6) is 5.75 Å². The van der Waals surface area contributed by atoms with Crippen molar-refractivity contribution in [2.24, 2.45) is 5.73 Å². The second kappa shape index (κ2) is 6.69. The number of benzene rings is 1. The molecule has 0 spiro atoms. The zero-order valence-electron chi connectivity index (χ0n) is 11.8. The molecule has 6 nitrogen and oxygen atoms in total. The molecule has 112 valence electrons. The Bertz CT molecular complexity index is 558. The predicted octanol–water partition coefficient (Wildman–Crippen LogP) is 1.87. The topological polar surface area (TPSA) is 83.4 Å². The highest BCUT2D eigenvalue weighted by Crippen LogP contribution is 2.31. The zero-order chi connectivity index (χ0) is 14.5. The Hall–Kier alpha value is -1.92. The van der Waals surface area contributed by atoms with E-state index >= 15 is 0 Å². The van der Waals surface area contributed by atoms with Crippen molar-refractivity contribution >= 4 is 0 Å². The van der Waals surface area contributed by atoms with E-state index in [0.717, 1.165) is 18.6 Å². The standard InChI is InChI=1S/C15H19N3O3/c16-10-12-6-7-13(20-12)15-17-14(18-21-15)8-9-19-11-4-2-1-3-5-11/h1-5,12-13H,6-10,16H2. The summed E-state index contributed by atoms with van der Waals surface area (Å²) in [7, 11) is 0. The van der Waals surface area contributed by atoms with Gasteiger partial charge in [0.05, 0.1) is 12.7 Å². The lowest BCUT2D eigenvalue weighted by Gasteiger charge is -2.07. The summed E-state index contributed by atoms with van der Waals surface area (Å²) in [5.41, 5.74) is 5.59. The van der Waals surface area contributed by atoms with Crippen LogP contribution in [-0.4, -0.2) is 29.4 Å². The first-order valence-corrected chi connectivity index (χ1v) is 7.21. The van der Waals surface area contributed by atoms with Crippen LogP contribution in [-0.2, 0) is 11.2 Å². The molecule has 2 N–H and O–H groups in total. The molecule has 0 amide bonds. The number of nitrogens with zero attached hydrogens (tertiary/aromatic N) is 2. The van der Waals surface area contributed by atoms with Gasteiger partial charge in [0.15, 0.2) is 5.82 Å². The lowest BCUT2D eigenvalue weighted by molar-refractivity contribution is 0.0307. The van der Waals surface area contributed by atoms with Crippen LogP contribution >= 0.6 is 0 Å². The molecule has 0 radical (unpaired) electrons. The van der Waals surface area contributed by atoms with Crippen LogP contribution in [0.25, 0.3) is 0 Å². The third-order valence-corrected chi connectivity index (χ3v) is 3.47. The molecule has 1 aromatic carbocycles. The van der Waals surface area contributed by atoms with Crippen LogP contribution in [0.4, 0.5) is 0 Å². The van der Waals surface area contributed by atoms with Crippen molar-refractivity contribution in [3.8, 4) is 5.75 Å². The van der Waals surface area contributed by atoms with Crippen molar-refractivity contribution in [3.05, 3.63) is 42.0 Å². The quantitative estimate of drug-likeness (QED) is 0.874. The Morgan fingerprint density at radius 2 is 2.10 bits per heavy atom. The lowest BCUT2D eigenvalue weighted by Crippen LogP contribution is -2.18. The first-order valence-electron chi connectivity index (χ1n) is 7.21. The molecule has 1 aliphatic rings. The molecule has 6 heteroatoms. The van der Waals surface area contributed by atoms with Crippen molar-refractivity contribution in [1.29, 1.82) is 0 Å². The van der Waals surface area contributed by atoms with Gasteiger partial charge < -0.3 is 19.7 Å². The minimum atomic E-state index is -0.116. The molecule has 0 aliphatic carbocycles. The van der Waals surface area contributed by atoms with Crippen LogP contribution in [0.2, 0.25) is 0 Å². The summed E-state index contributed by atoms with van der Waals surface area (Å²) in [6.45, 7) is 1.04. The Kier molecular flexibility index (Phi) is 4.47. The van der Waals surface area contributed by atoms with E-state index < -0.39 is 0 Å². The van der Waals surface area contributed by atoms with E-state index in [0.29, 0.717) is 31.3 Å². The van der Waals surface area contributed by atoms with Crippen molar-refractivity contribution in [2.75, 3.05) is 13.2 Å². The summed E-state index contributed by atoms with van der Waals surface area (Å²) in [6.07, 6.45) is 2.41. The SMILES string of the molecule is NCC1CCC(c2nc(CCOc3ccccc3)no2)O1. The molecule has 0 saturated carbocycles. The molecular formula is C15H19N3O3. The number of ether oxygens (including phenoxy) is 2. The van der Waals surface area contributed by atoms with E-state index in [-0.39, 0.29) is 12.2 Å². The smallest absolute Gasteiger partial charge is 0.255 e. The first kappa shape index (κ1) is 14.0. The van der Waals surface area contributed by atoms with Crippen molar-refractivity contribution in [2.45, 2.75) is 31.5 Å². The fraction of sp³-hybridized carbons (Fsp3) is 0.467. The molecule has 1 aliphatic heterocycles. The fourth-order valence-electron chi connectivity index (χ4n) is 2.34. The average molecular weight is 289 g/mol. The van der Waals surface area contributed by atoms with Crippen molar-refractivity contribution < 1.29 is 14.0 Å². The summed E-state index contributed by atoms with van der Waals surface area (Å²) in [4.78, 5) is 4.37. The van der Waals surface area contributed by atoms with E-state index in [2.05, 4.69) is 10.1 Å². The number of rotatable bonds is 6. The number of aromatic nitrogens is 2.